The van der Waals surface area contributed by atoms with Gasteiger partial charge in [-0.1, -0.05) is 36.4 Å². The third-order valence-corrected chi connectivity index (χ3v) is 4.53. The molecule has 0 amide bonds. The molecule has 1 heterocycles. The quantitative estimate of drug-likeness (QED) is 0.851. The van der Waals surface area contributed by atoms with E-state index < -0.39 is 0 Å². The number of anilines is 1. The van der Waals surface area contributed by atoms with Crippen LogP contribution in [-0.2, 0) is 6.42 Å². The van der Waals surface area contributed by atoms with Gasteiger partial charge in [0.05, 0.1) is 0 Å². The average molecular weight is 298 g/mol. The maximum atomic E-state index is 13.8. The van der Waals surface area contributed by atoms with Crippen LogP contribution in [0.2, 0.25) is 0 Å². The van der Waals surface area contributed by atoms with E-state index >= 15 is 0 Å². The molecule has 0 bridgehead atoms. The lowest BCUT2D eigenvalue weighted by molar-refractivity contribution is 0.195. The maximum absolute atomic E-state index is 13.8. The Labute approximate surface area is 132 Å². The van der Waals surface area contributed by atoms with E-state index in [1.165, 1.54) is 5.69 Å². The van der Waals surface area contributed by atoms with Crippen molar-refractivity contribution in [1.82, 2.24) is 4.90 Å². The zero-order valence-corrected chi connectivity index (χ0v) is 13.1. The molecule has 2 aromatic rings. The van der Waals surface area contributed by atoms with E-state index in [-0.39, 0.29) is 5.82 Å². The molecule has 1 fully saturated rings. The molecule has 3 heteroatoms. The van der Waals surface area contributed by atoms with Crippen LogP contribution in [0.15, 0.2) is 54.6 Å². The third kappa shape index (κ3) is 3.47. The molecule has 0 aromatic heterocycles. The number of benzene rings is 2. The summed E-state index contributed by atoms with van der Waals surface area (Å²) in [6.07, 6.45) is 0.776. The minimum atomic E-state index is -0.0859. The van der Waals surface area contributed by atoms with Gasteiger partial charge in [-0.25, -0.2) is 4.39 Å². The summed E-state index contributed by atoms with van der Waals surface area (Å²) in [5, 5.41) is 0. The van der Waals surface area contributed by atoms with Crippen LogP contribution < -0.4 is 4.90 Å². The molecule has 1 unspecified atom stereocenters. The summed E-state index contributed by atoms with van der Waals surface area (Å²) in [6, 6.07) is 18.0. The van der Waals surface area contributed by atoms with Crippen molar-refractivity contribution in [2.24, 2.45) is 0 Å². The smallest absolute Gasteiger partial charge is 0.126 e. The van der Waals surface area contributed by atoms with Gasteiger partial charge in [-0.05, 0) is 37.1 Å². The Morgan fingerprint density at radius 1 is 0.909 bits per heavy atom. The van der Waals surface area contributed by atoms with Gasteiger partial charge in [0.1, 0.15) is 5.82 Å². The van der Waals surface area contributed by atoms with Crippen molar-refractivity contribution in [3.63, 3.8) is 0 Å². The second-order valence-electron chi connectivity index (χ2n) is 6.00. The number of halogens is 1. The van der Waals surface area contributed by atoms with Gasteiger partial charge in [0.25, 0.3) is 0 Å². The lowest BCUT2D eigenvalue weighted by Crippen LogP contribution is -2.50. The standard InChI is InChI=1S/C19H23FN2/c1-16(15-17-7-5-6-10-19(17)20)21-11-13-22(14-12-21)18-8-3-2-4-9-18/h2-10,16H,11-15H2,1H3. The van der Waals surface area contributed by atoms with Crippen molar-refractivity contribution in [3.8, 4) is 0 Å². The van der Waals surface area contributed by atoms with E-state index in [1.807, 2.05) is 12.1 Å². The Hall–Kier alpha value is -1.87. The SMILES string of the molecule is CC(Cc1ccccc1F)N1CCN(c2ccccc2)CC1. The van der Waals surface area contributed by atoms with E-state index in [1.54, 1.807) is 12.1 Å². The molecular formula is C19H23FN2. The fourth-order valence-corrected chi connectivity index (χ4v) is 3.17. The first kappa shape index (κ1) is 15.0. The Morgan fingerprint density at radius 3 is 2.23 bits per heavy atom. The number of para-hydroxylation sites is 1. The van der Waals surface area contributed by atoms with Gasteiger partial charge >= 0.3 is 0 Å². The molecule has 1 aliphatic heterocycles. The first-order valence-electron chi connectivity index (χ1n) is 8.01. The number of rotatable bonds is 4. The van der Waals surface area contributed by atoms with Crippen LogP contribution in [0.1, 0.15) is 12.5 Å². The molecule has 0 radical (unpaired) electrons. The predicted octanol–water partition coefficient (Wildman–Crippen LogP) is 3.58. The van der Waals surface area contributed by atoms with E-state index in [0.717, 1.165) is 38.2 Å². The van der Waals surface area contributed by atoms with Gasteiger partial charge in [-0.3, -0.25) is 4.90 Å². The van der Waals surface area contributed by atoms with E-state index in [9.17, 15) is 4.39 Å². The lowest BCUT2D eigenvalue weighted by atomic mass is 10.0. The van der Waals surface area contributed by atoms with Crippen molar-refractivity contribution in [2.45, 2.75) is 19.4 Å². The van der Waals surface area contributed by atoms with Crippen LogP contribution >= 0.6 is 0 Å². The summed E-state index contributed by atoms with van der Waals surface area (Å²) < 4.78 is 13.8. The lowest BCUT2D eigenvalue weighted by Gasteiger charge is -2.39. The summed E-state index contributed by atoms with van der Waals surface area (Å²) >= 11 is 0. The second kappa shape index (κ2) is 6.93. The highest BCUT2D eigenvalue weighted by molar-refractivity contribution is 5.46. The number of nitrogens with zero attached hydrogens (tertiary/aromatic N) is 2. The number of hydrogen-bond donors (Lipinski definition) is 0. The van der Waals surface area contributed by atoms with Crippen LogP contribution in [0, 0.1) is 5.82 Å². The summed E-state index contributed by atoms with van der Waals surface area (Å²) in [4.78, 5) is 4.89. The molecule has 2 aromatic carbocycles. The van der Waals surface area contributed by atoms with Gasteiger partial charge < -0.3 is 4.90 Å². The first-order valence-corrected chi connectivity index (χ1v) is 8.01. The summed E-state index contributed by atoms with van der Waals surface area (Å²) in [7, 11) is 0. The van der Waals surface area contributed by atoms with E-state index in [0.29, 0.717) is 6.04 Å². The highest BCUT2D eigenvalue weighted by Gasteiger charge is 2.21. The van der Waals surface area contributed by atoms with Crippen molar-refractivity contribution >= 4 is 5.69 Å². The summed E-state index contributed by atoms with van der Waals surface area (Å²) in [5.41, 5.74) is 2.12. The van der Waals surface area contributed by atoms with Gasteiger partial charge in [0, 0.05) is 37.9 Å². The predicted molar refractivity (Wildman–Crippen MR) is 89.8 cm³/mol. The van der Waals surface area contributed by atoms with Crippen LogP contribution in [0.5, 0.6) is 0 Å². The number of piperazine rings is 1. The average Bonchev–Trinajstić information content (AvgIpc) is 2.58. The molecule has 2 nitrogen and oxygen atoms in total. The normalized spacial score (nSPS) is 17.5. The number of hydrogen-bond acceptors (Lipinski definition) is 2. The molecule has 22 heavy (non-hydrogen) atoms. The zero-order valence-electron chi connectivity index (χ0n) is 13.1. The van der Waals surface area contributed by atoms with Crippen LogP contribution in [0.4, 0.5) is 10.1 Å². The fourth-order valence-electron chi connectivity index (χ4n) is 3.17. The van der Waals surface area contributed by atoms with Crippen molar-refractivity contribution < 1.29 is 4.39 Å². The fraction of sp³-hybridized carbons (Fsp3) is 0.368. The topological polar surface area (TPSA) is 6.48 Å². The molecule has 0 aliphatic carbocycles. The monoisotopic (exact) mass is 298 g/mol. The van der Waals surface area contributed by atoms with E-state index in [4.69, 9.17) is 0 Å². The van der Waals surface area contributed by atoms with Crippen molar-refractivity contribution in [3.05, 3.63) is 66.0 Å². The summed E-state index contributed by atoms with van der Waals surface area (Å²) in [6.45, 7) is 6.33. The Bertz CT molecular complexity index is 591. The van der Waals surface area contributed by atoms with Gasteiger partial charge in [-0.2, -0.15) is 0 Å². The molecule has 1 aliphatic rings. The maximum Gasteiger partial charge on any atom is 0.126 e. The second-order valence-corrected chi connectivity index (χ2v) is 6.00. The third-order valence-electron chi connectivity index (χ3n) is 4.53. The molecule has 0 spiro atoms. The zero-order chi connectivity index (χ0) is 15.4. The molecule has 0 saturated carbocycles. The molecular weight excluding hydrogens is 275 g/mol. The van der Waals surface area contributed by atoms with Gasteiger partial charge in [0.2, 0.25) is 0 Å². The molecule has 1 saturated heterocycles. The molecule has 116 valence electrons. The highest BCUT2D eigenvalue weighted by Crippen LogP contribution is 2.18. The molecule has 1 atom stereocenters. The van der Waals surface area contributed by atoms with Crippen LogP contribution in [0.3, 0.4) is 0 Å². The Balaban J connectivity index is 1.56. The Morgan fingerprint density at radius 2 is 1.55 bits per heavy atom. The van der Waals surface area contributed by atoms with Crippen LogP contribution in [0.25, 0.3) is 0 Å². The van der Waals surface area contributed by atoms with E-state index in [2.05, 4.69) is 47.1 Å². The molecule has 3 rings (SSSR count). The summed E-state index contributed by atoms with van der Waals surface area (Å²) in [5.74, 6) is -0.0859. The minimum Gasteiger partial charge on any atom is -0.369 e. The van der Waals surface area contributed by atoms with Gasteiger partial charge in [-0.15, -0.1) is 0 Å². The highest BCUT2D eigenvalue weighted by atomic mass is 19.1. The Kier molecular flexibility index (Phi) is 4.74. The minimum absolute atomic E-state index is 0.0859. The van der Waals surface area contributed by atoms with Crippen LogP contribution in [-0.4, -0.2) is 37.1 Å². The molecule has 0 N–H and O–H groups in total. The van der Waals surface area contributed by atoms with Crippen molar-refractivity contribution in [2.75, 3.05) is 31.1 Å². The largest absolute Gasteiger partial charge is 0.369 e. The van der Waals surface area contributed by atoms with Gasteiger partial charge in [0.15, 0.2) is 0 Å². The van der Waals surface area contributed by atoms with Crippen molar-refractivity contribution in [1.29, 1.82) is 0 Å². The first-order chi connectivity index (χ1) is 10.7.